The number of hydrogen-bond donors (Lipinski definition) is 1. The Kier molecular flexibility index (Phi) is 4.34. The Morgan fingerprint density at radius 3 is 2.83 bits per heavy atom. The summed E-state index contributed by atoms with van der Waals surface area (Å²) in [7, 11) is 1.60. The van der Waals surface area contributed by atoms with Crippen LogP contribution >= 0.6 is 11.3 Å². The number of carbonyl (C=O) groups is 1. The van der Waals surface area contributed by atoms with Crippen LogP contribution in [0, 0.1) is 5.82 Å². The number of hydrogen-bond acceptors (Lipinski definition) is 4. The molecule has 0 unspecified atom stereocenters. The average Bonchev–Trinajstić information content (AvgIpc) is 3.03. The fourth-order valence-corrected chi connectivity index (χ4v) is 2.76. The molecule has 3 aromatic rings. The van der Waals surface area contributed by atoms with Crippen molar-refractivity contribution in [1.29, 1.82) is 0 Å². The van der Waals surface area contributed by atoms with Crippen LogP contribution in [0.4, 0.5) is 9.52 Å². The molecule has 1 N–H and O–H groups in total. The molecule has 1 heterocycles. The van der Waals surface area contributed by atoms with Gasteiger partial charge < -0.3 is 4.74 Å². The third-order valence-electron chi connectivity index (χ3n) is 3.18. The van der Waals surface area contributed by atoms with Crippen LogP contribution < -0.4 is 10.1 Å². The zero-order valence-electron chi connectivity index (χ0n) is 12.2. The van der Waals surface area contributed by atoms with Gasteiger partial charge in [0.2, 0.25) is 0 Å². The van der Waals surface area contributed by atoms with E-state index in [0.29, 0.717) is 5.13 Å². The van der Waals surface area contributed by atoms with Crippen molar-refractivity contribution < 1.29 is 13.9 Å². The minimum absolute atomic E-state index is 0.253. The van der Waals surface area contributed by atoms with Gasteiger partial charge in [0.05, 0.1) is 12.8 Å². The maximum absolute atomic E-state index is 13.2. The van der Waals surface area contributed by atoms with E-state index in [9.17, 15) is 9.18 Å². The lowest BCUT2D eigenvalue weighted by molar-refractivity contribution is 0.102. The van der Waals surface area contributed by atoms with Gasteiger partial charge in [-0.25, -0.2) is 9.37 Å². The van der Waals surface area contributed by atoms with Gasteiger partial charge in [-0.1, -0.05) is 18.2 Å². The molecule has 23 heavy (non-hydrogen) atoms. The predicted octanol–water partition coefficient (Wildman–Crippen LogP) is 4.21. The van der Waals surface area contributed by atoms with Gasteiger partial charge in [-0.15, -0.1) is 11.3 Å². The van der Waals surface area contributed by atoms with Crippen LogP contribution in [0.3, 0.4) is 0 Å². The molecule has 0 aliphatic carbocycles. The standard InChI is InChI=1S/C17H13FN2O2S/c1-22-14-7-3-4-11(9-14)15-10-23-17(19-15)20-16(21)12-5-2-6-13(18)8-12/h2-10H,1H3,(H,19,20,21). The van der Waals surface area contributed by atoms with Crippen LogP contribution in [0.1, 0.15) is 10.4 Å². The van der Waals surface area contributed by atoms with E-state index in [0.717, 1.165) is 17.0 Å². The van der Waals surface area contributed by atoms with Gasteiger partial charge in [-0.2, -0.15) is 0 Å². The van der Waals surface area contributed by atoms with Crippen molar-refractivity contribution in [2.45, 2.75) is 0 Å². The molecule has 4 nitrogen and oxygen atoms in total. The van der Waals surface area contributed by atoms with Crippen molar-refractivity contribution >= 4 is 22.4 Å². The lowest BCUT2D eigenvalue weighted by Crippen LogP contribution is -2.11. The second kappa shape index (κ2) is 6.58. The van der Waals surface area contributed by atoms with Crippen LogP contribution in [0.15, 0.2) is 53.9 Å². The van der Waals surface area contributed by atoms with Crippen LogP contribution in [-0.2, 0) is 0 Å². The van der Waals surface area contributed by atoms with Crippen LogP contribution in [0.2, 0.25) is 0 Å². The third kappa shape index (κ3) is 3.54. The van der Waals surface area contributed by atoms with Gasteiger partial charge in [-0.05, 0) is 30.3 Å². The molecule has 1 amide bonds. The fourth-order valence-electron chi connectivity index (χ4n) is 2.05. The topological polar surface area (TPSA) is 51.2 Å². The summed E-state index contributed by atoms with van der Waals surface area (Å²) >= 11 is 1.31. The van der Waals surface area contributed by atoms with Gasteiger partial charge in [0.1, 0.15) is 11.6 Å². The maximum atomic E-state index is 13.2. The van der Waals surface area contributed by atoms with Crippen LogP contribution in [-0.4, -0.2) is 18.0 Å². The van der Waals surface area contributed by atoms with E-state index < -0.39 is 11.7 Å². The second-order valence-corrected chi connectivity index (χ2v) is 5.59. The van der Waals surface area contributed by atoms with Crippen molar-refractivity contribution in [1.82, 2.24) is 4.98 Å². The van der Waals surface area contributed by atoms with Gasteiger partial charge in [0, 0.05) is 16.5 Å². The highest BCUT2D eigenvalue weighted by Gasteiger charge is 2.11. The molecule has 0 bridgehead atoms. The number of rotatable bonds is 4. The monoisotopic (exact) mass is 328 g/mol. The molecular formula is C17H13FN2O2S. The highest BCUT2D eigenvalue weighted by Crippen LogP contribution is 2.27. The molecule has 6 heteroatoms. The molecule has 3 rings (SSSR count). The number of anilines is 1. The summed E-state index contributed by atoms with van der Waals surface area (Å²) in [5.41, 5.74) is 1.89. The Morgan fingerprint density at radius 2 is 2.04 bits per heavy atom. The average molecular weight is 328 g/mol. The van der Waals surface area contributed by atoms with Gasteiger partial charge >= 0.3 is 0 Å². The smallest absolute Gasteiger partial charge is 0.257 e. The summed E-state index contributed by atoms with van der Waals surface area (Å²) < 4.78 is 18.3. The summed E-state index contributed by atoms with van der Waals surface area (Å²) in [6, 6.07) is 13.0. The summed E-state index contributed by atoms with van der Waals surface area (Å²) in [5, 5.41) is 4.97. The molecular weight excluding hydrogens is 315 g/mol. The lowest BCUT2D eigenvalue weighted by atomic mass is 10.2. The molecule has 0 saturated heterocycles. The molecule has 0 aliphatic heterocycles. The van der Waals surface area contributed by atoms with Crippen molar-refractivity contribution in [3.8, 4) is 17.0 Å². The first-order valence-corrected chi connectivity index (χ1v) is 7.70. The number of amides is 1. The lowest BCUT2D eigenvalue weighted by Gasteiger charge is -2.02. The van der Waals surface area contributed by atoms with Crippen molar-refractivity contribution in [3.63, 3.8) is 0 Å². The Morgan fingerprint density at radius 1 is 1.22 bits per heavy atom. The fraction of sp³-hybridized carbons (Fsp3) is 0.0588. The van der Waals surface area contributed by atoms with E-state index in [-0.39, 0.29) is 5.56 Å². The molecule has 0 saturated carbocycles. The number of nitrogens with zero attached hydrogens (tertiary/aromatic N) is 1. The van der Waals surface area contributed by atoms with E-state index in [1.54, 1.807) is 13.2 Å². The summed E-state index contributed by atoms with van der Waals surface area (Å²) in [5.74, 6) is -0.106. The number of methoxy groups -OCH3 is 1. The van der Waals surface area contributed by atoms with Crippen molar-refractivity contribution in [3.05, 3.63) is 65.3 Å². The van der Waals surface area contributed by atoms with E-state index in [2.05, 4.69) is 10.3 Å². The minimum atomic E-state index is -0.450. The van der Waals surface area contributed by atoms with Gasteiger partial charge in [0.15, 0.2) is 5.13 Å². The Balaban J connectivity index is 1.78. The number of carbonyl (C=O) groups excluding carboxylic acids is 1. The van der Waals surface area contributed by atoms with Crippen LogP contribution in [0.25, 0.3) is 11.3 Å². The first kappa shape index (κ1) is 15.2. The first-order valence-electron chi connectivity index (χ1n) is 6.82. The third-order valence-corrected chi connectivity index (χ3v) is 3.93. The molecule has 0 atom stereocenters. The van der Waals surface area contributed by atoms with Gasteiger partial charge in [-0.3, -0.25) is 10.1 Å². The predicted molar refractivity (Wildman–Crippen MR) is 88.5 cm³/mol. The molecule has 0 radical (unpaired) electrons. The largest absolute Gasteiger partial charge is 0.497 e. The minimum Gasteiger partial charge on any atom is -0.497 e. The number of thiazole rings is 1. The van der Waals surface area contributed by atoms with Crippen molar-refractivity contribution in [2.24, 2.45) is 0 Å². The first-order chi connectivity index (χ1) is 11.2. The number of aromatic nitrogens is 1. The molecule has 1 aromatic heterocycles. The zero-order chi connectivity index (χ0) is 16.2. The highest BCUT2D eigenvalue weighted by atomic mass is 32.1. The second-order valence-electron chi connectivity index (χ2n) is 4.73. The normalized spacial score (nSPS) is 10.3. The van der Waals surface area contributed by atoms with E-state index in [1.807, 2.05) is 29.6 Å². The molecule has 116 valence electrons. The zero-order valence-corrected chi connectivity index (χ0v) is 13.1. The molecule has 0 spiro atoms. The Labute approximate surface area is 136 Å². The molecule has 0 fully saturated rings. The highest BCUT2D eigenvalue weighted by molar-refractivity contribution is 7.14. The molecule has 2 aromatic carbocycles. The van der Waals surface area contributed by atoms with E-state index in [1.165, 1.54) is 29.5 Å². The number of halogens is 1. The molecule has 0 aliphatic rings. The van der Waals surface area contributed by atoms with E-state index >= 15 is 0 Å². The summed E-state index contributed by atoms with van der Waals surface area (Å²) in [6.07, 6.45) is 0. The SMILES string of the molecule is COc1cccc(-c2csc(NC(=O)c3cccc(F)c3)n2)c1. The summed E-state index contributed by atoms with van der Waals surface area (Å²) in [6.45, 7) is 0. The van der Waals surface area contributed by atoms with Gasteiger partial charge in [0.25, 0.3) is 5.91 Å². The Bertz CT molecular complexity index is 848. The maximum Gasteiger partial charge on any atom is 0.257 e. The number of ether oxygens (including phenoxy) is 1. The number of benzene rings is 2. The van der Waals surface area contributed by atoms with E-state index in [4.69, 9.17) is 4.74 Å². The van der Waals surface area contributed by atoms with Crippen molar-refractivity contribution in [2.75, 3.05) is 12.4 Å². The Hall–Kier alpha value is -2.73. The quantitative estimate of drug-likeness (QED) is 0.780. The number of nitrogens with one attached hydrogen (secondary N) is 1. The van der Waals surface area contributed by atoms with Crippen LogP contribution in [0.5, 0.6) is 5.75 Å². The summed E-state index contributed by atoms with van der Waals surface area (Å²) in [4.78, 5) is 16.5.